The van der Waals surface area contributed by atoms with Gasteiger partial charge in [-0.05, 0) is 56.3 Å². The van der Waals surface area contributed by atoms with E-state index in [4.69, 9.17) is 4.99 Å². The van der Waals surface area contributed by atoms with Crippen LogP contribution in [0.3, 0.4) is 0 Å². The molecule has 0 heterocycles. The van der Waals surface area contributed by atoms with Crippen LogP contribution in [0.4, 0.5) is 0 Å². The first kappa shape index (κ1) is 19.3. The van der Waals surface area contributed by atoms with Crippen molar-refractivity contribution in [1.29, 1.82) is 0 Å². The average molecular weight is 312 g/mol. The number of guanidine groups is 1. The molecule has 0 atom stereocenters. The largest absolute Gasteiger partial charge is 0.396 e. The van der Waals surface area contributed by atoms with Crippen LogP contribution in [0.1, 0.15) is 72.6 Å². The summed E-state index contributed by atoms with van der Waals surface area (Å²) in [7, 11) is 0. The van der Waals surface area contributed by atoms with Gasteiger partial charge in [-0.1, -0.05) is 27.2 Å². The highest BCUT2D eigenvalue weighted by atomic mass is 16.3. The lowest BCUT2D eigenvalue weighted by molar-refractivity contribution is 0.131. The first-order valence-electron chi connectivity index (χ1n) is 9.22. The second-order valence-electron chi connectivity index (χ2n) is 6.94. The maximum atomic E-state index is 9.33. The smallest absolute Gasteiger partial charge is 0.191 e. The number of aliphatic imine (C=N–C) groups is 1. The zero-order chi connectivity index (χ0) is 16.5. The van der Waals surface area contributed by atoms with Crippen molar-refractivity contribution in [3.63, 3.8) is 0 Å². The number of nitrogens with zero attached hydrogens (tertiary/aromatic N) is 1. The summed E-state index contributed by atoms with van der Waals surface area (Å²) in [5, 5.41) is 16.3. The second kappa shape index (κ2) is 9.39. The van der Waals surface area contributed by atoms with Crippen LogP contribution in [0.15, 0.2) is 4.99 Å². The fraction of sp³-hybridized carbons (Fsp3) is 0.944. The summed E-state index contributed by atoms with van der Waals surface area (Å²) in [5.41, 5.74) is 0.629. The quantitative estimate of drug-likeness (QED) is 0.428. The SMILES string of the molecule is CCNC(=NCC(CC)(CC)CCO)NCC1(CC)CCC1. The molecule has 0 amide bonds. The minimum Gasteiger partial charge on any atom is -0.396 e. The molecule has 1 aliphatic carbocycles. The number of rotatable bonds is 10. The fourth-order valence-electron chi connectivity index (χ4n) is 3.34. The molecule has 4 heteroatoms. The summed E-state index contributed by atoms with van der Waals surface area (Å²) in [5.74, 6) is 0.937. The van der Waals surface area contributed by atoms with E-state index in [-0.39, 0.29) is 12.0 Å². The average Bonchev–Trinajstić information content (AvgIpc) is 2.50. The normalized spacial score (nSPS) is 18.0. The van der Waals surface area contributed by atoms with Crippen molar-refractivity contribution in [1.82, 2.24) is 10.6 Å². The van der Waals surface area contributed by atoms with Crippen molar-refractivity contribution >= 4 is 5.96 Å². The maximum Gasteiger partial charge on any atom is 0.191 e. The van der Waals surface area contributed by atoms with Gasteiger partial charge < -0.3 is 15.7 Å². The summed E-state index contributed by atoms with van der Waals surface area (Å²) in [6, 6.07) is 0. The van der Waals surface area contributed by atoms with E-state index in [1.165, 1.54) is 25.7 Å². The summed E-state index contributed by atoms with van der Waals surface area (Å²) in [4.78, 5) is 4.83. The predicted octanol–water partition coefficient (Wildman–Crippen LogP) is 3.31. The molecule has 0 radical (unpaired) electrons. The number of nitrogens with one attached hydrogen (secondary N) is 2. The lowest BCUT2D eigenvalue weighted by atomic mass is 9.67. The molecule has 0 aromatic carbocycles. The Morgan fingerprint density at radius 2 is 1.82 bits per heavy atom. The van der Waals surface area contributed by atoms with Crippen molar-refractivity contribution in [2.75, 3.05) is 26.2 Å². The minimum absolute atomic E-state index is 0.135. The van der Waals surface area contributed by atoms with Gasteiger partial charge in [0.1, 0.15) is 0 Å². The number of hydrogen-bond acceptors (Lipinski definition) is 2. The first-order valence-corrected chi connectivity index (χ1v) is 9.22. The van der Waals surface area contributed by atoms with Crippen molar-refractivity contribution < 1.29 is 5.11 Å². The van der Waals surface area contributed by atoms with Gasteiger partial charge in [0.05, 0.1) is 0 Å². The Kier molecular flexibility index (Phi) is 8.23. The van der Waals surface area contributed by atoms with Gasteiger partial charge in [0, 0.05) is 26.2 Å². The summed E-state index contributed by atoms with van der Waals surface area (Å²) >= 11 is 0. The van der Waals surface area contributed by atoms with E-state index in [1.54, 1.807) is 0 Å². The molecule has 22 heavy (non-hydrogen) atoms. The molecule has 0 saturated heterocycles. The van der Waals surface area contributed by atoms with Crippen molar-refractivity contribution in [2.24, 2.45) is 15.8 Å². The molecule has 0 aliphatic heterocycles. The highest BCUT2D eigenvalue weighted by molar-refractivity contribution is 5.79. The van der Waals surface area contributed by atoms with Crippen LogP contribution in [0, 0.1) is 10.8 Å². The van der Waals surface area contributed by atoms with Crippen LogP contribution in [0.25, 0.3) is 0 Å². The van der Waals surface area contributed by atoms with Gasteiger partial charge in [-0.15, -0.1) is 0 Å². The lowest BCUT2D eigenvalue weighted by Crippen LogP contribution is -2.46. The standard InChI is InChI=1S/C18H37N3O/c1-5-17(6-2,12-13-22)14-20-16(19-8-4)21-15-18(7-3)10-9-11-18/h22H,5-15H2,1-4H3,(H2,19,20,21). The molecular formula is C18H37N3O. The number of aliphatic hydroxyl groups excluding tert-OH is 1. The van der Waals surface area contributed by atoms with E-state index in [0.717, 1.165) is 44.9 Å². The van der Waals surface area contributed by atoms with E-state index < -0.39 is 0 Å². The van der Waals surface area contributed by atoms with E-state index in [2.05, 4.69) is 38.3 Å². The van der Waals surface area contributed by atoms with E-state index in [0.29, 0.717) is 5.41 Å². The minimum atomic E-state index is 0.135. The topological polar surface area (TPSA) is 56.7 Å². The zero-order valence-electron chi connectivity index (χ0n) is 15.2. The Morgan fingerprint density at radius 1 is 1.14 bits per heavy atom. The molecule has 1 saturated carbocycles. The summed E-state index contributed by atoms with van der Waals surface area (Å²) in [6.45, 7) is 11.8. The van der Waals surface area contributed by atoms with Gasteiger partial charge in [-0.2, -0.15) is 0 Å². The fourth-order valence-corrected chi connectivity index (χ4v) is 3.34. The number of aliphatic hydroxyl groups is 1. The van der Waals surface area contributed by atoms with Gasteiger partial charge in [-0.25, -0.2) is 0 Å². The third-order valence-electron chi connectivity index (χ3n) is 5.85. The Morgan fingerprint density at radius 3 is 2.23 bits per heavy atom. The van der Waals surface area contributed by atoms with E-state index >= 15 is 0 Å². The molecule has 1 fully saturated rings. The van der Waals surface area contributed by atoms with Crippen molar-refractivity contribution in [2.45, 2.75) is 72.6 Å². The Bertz CT molecular complexity index is 328. The molecule has 3 N–H and O–H groups in total. The Labute approximate surface area is 137 Å². The summed E-state index contributed by atoms with van der Waals surface area (Å²) < 4.78 is 0. The molecule has 1 rings (SSSR count). The van der Waals surface area contributed by atoms with Gasteiger partial charge >= 0.3 is 0 Å². The molecule has 0 aromatic rings. The summed E-state index contributed by atoms with van der Waals surface area (Å²) in [6.07, 6.45) is 8.26. The molecule has 4 nitrogen and oxygen atoms in total. The molecular weight excluding hydrogens is 274 g/mol. The molecule has 0 aromatic heterocycles. The Balaban J connectivity index is 2.63. The van der Waals surface area contributed by atoms with Crippen LogP contribution in [0.2, 0.25) is 0 Å². The zero-order valence-corrected chi connectivity index (χ0v) is 15.2. The van der Waals surface area contributed by atoms with Crippen LogP contribution >= 0.6 is 0 Å². The van der Waals surface area contributed by atoms with E-state index in [9.17, 15) is 5.11 Å². The highest BCUT2D eigenvalue weighted by Gasteiger charge is 2.35. The predicted molar refractivity (Wildman–Crippen MR) is 95.3 cm³/mol. The van der Waals surface area contributed by atoms with Gasteiger partial charge in [-0.3, -0.25) is 4.99 Å². The van der Waals surface area contributed by atoms with Crippen molar-refractivity contribution in [3.05, 3.63) is 0 Å². The highest BCUT2D eigenvalue weighted by Crippen LogP contribution is 2.43. The van der Waals surface area contributed by atoms with Gasteiger partial charge in [0.15, 0.2) is 5.96 Å². The van der Waals surface area contributed by atoms with Crippen LogP contribution in [-0.4, -0.2) is 37.3 Å². The van der Waals surface area contributed by atoms with E-state index in [1.807, 2.05) is 0 Å². The molecule has 130 valence electrons. The van der Waals surface area contributed by atoms with Crippen LogP contribution in [-0.2, 0) is 0 Å². The molecule has 0 bridgehead atoms. The van der Waals surface area contributed by atoms with Crippen molar-refractivity contribution in [3.8, 4) is 0 Å². The van der Waals surface area contributed by atoms with Crippen LogP contribution < -0.4 is 10.6 Å². The van der Waals surface area contributed by atoms with Gasteiger partial charge in [0.2, 0.25) is 0 Å². The molecule has 0 unspecified atom stereocenters. The Hall–Kier alpha value is -0.770. The van der Waals surface area contributed by atoms with Gasteiger partial charge in [0.25, 0.3) is 0 Å². The lowest BCUT2D eigenvalue weighted by Gasteiger charge is -2.41. The third-order valence-corrected chi connectivity index (χ3v) is 5.85. The second-order valence-corrected chi connectivity index (χ2v) is 6.94. The third kappa shape index (κ3) is 5.15. The monoisotopic (exact) mass is 311 g/mol. The maximum absolute atomic E-state index is 9.33. The number of hydrogen-bond donors (Lipinski definition) is 3. The first-order chi connectivity index (χ1) is 10.6. The molecule has 0 spiro atoms. The molecule has 1 aliphatic rings. The van der Waals surface area contributed by atoms with Crippen LogP contribution in [0.5, 0.6) is 0 Å².